The molecule has 2 saturated carbocycles. The fourth-order valence-electron chi connectivity index (χ4n) is 7.50. The summed E-state index contributed by atoms with van der Waals surface area (Å²) < 4.78 is 40.5. The first-order valence-corrected chi connectivity index (χ1v) is 14.6. The van der Waals surface area contributed by atoms with Gasteiger partial charge in [0.1, 0.15) is 43.2 Å². The van der Waals surface area contributed by atoms with Crippen LogP contribution in [-0.4, -0.2) is 143 Å². The molecule has 5 aliphatic rings. The maximum Gasteiger partial charge on any atom is 0.337 e. The second-order valence-electron chi connectivity index (χ2n) is 12.1. The second kappa shape index (κ2) is 13.2. The number of rotatable bonds is 7. The first-order chi connectivity index (χ1) is 20.5. The molecule has 0 amide bonds. The summed E-state index contributed by atoms with van der Waals surface area (Å²) in [7, 11) is 2.92. The summed E-state index contributed by atoms with van der Waals surface area (Å²) in [6.45, 7) is 0.734. The molecule has 0 bridgehead atoms. The molecular formula is C28H42O15. The van der Waals surface area contributed by atoms with Crippen molar-refractivity contribution >= 4 is 11.9 Å². The van der Waals surface area contributed by atoms with Gasteiger partial charge in [-0.25, -0.2) is 4.79 Å². The van der Waals surface area contributed by atoms with E-state index >= 15 is 0 Å². The lowest BCUT2D eigenvalue weighted by Crippen LogP contribution is -2.67. The Labute approximate surface area is 248 Å². The van der Waals surface area contributed by atoms with Crippen LogP contribution >= 0.6 is 0 Å². The third-order valence-corrected chi connectivity index (χ3v) is 9.60. The number of carbonyl (C=O) groups excluding carboxylic acids is 2. The van der Waals surface area contributed by atoms with Crippen LogP contribution in [0.15, 0.2) is 11.8 Å². The highest BCUT2D eigenvalue weighted by atomic mass is 16.7. The number of hydrogen-bond acceptors (Lipinski definition) is 15. The zero-order valence-electron chi connectivity index (χ0n) is 24.2. The predicted molar refractivity (Wildman–Crippen MR) is 140 cm³/mol. The van der Waals surface area contributed by atoms with Crippen molar-refractivity contribution in [3.63, 3.8) is 0 Å². The molecule has 2 aliphatic carbocycles. The van der Waals surface area contributed by atoms with Crippen LogP contribution in [0.3, 0.4) is 0 Å². The highest BCUT2D eigenvalue weighted by Crippen LogP contribution is 2.51. The molecule has 0 aromatic carbocycles. The Balaban J connectivity index is 1.52. The van der Waals surface area contributed by atoms with E-state index in [4.69, 9.17) is 33.2 Å². The highest BCUT2D eigenvalue weighted by molar-refractivity contribution is 5.90. The van der Waals surface area contributed by atoms with Crippen LogP contribution in [-0.2, 0) is 42.7 Å². The molecule has 0 radical (unpaired) electrons. The molecule has 14 atom stereocenters. The van der Waals surface area contributed by atoms with Crippen LogP contribution in [0.1, 0.15) is 32.6 Å². The van der Waals surface area contributed by atoms with E-state index in [1.807, 2.05) is 0 Å². The summed E-state index contributed by atoms with van der Waals surface area (Å²) >= 11 is 0. The van der Waals surface area contributed by atoms with Gasteiger partial charge < -0.3 is 63.8 Å². The van der Waals surface area contributed by atoms with Crippen LogP contribution in [0, 0.1) is 17.8 Å². The van der Waals surface area contributed by atoms with Crippen molar-refractivity contribution in [2.45, 2.75) is 112 Å². The Morgan fingerprint density at radius 2 is 1.56 bits per heavy atom. The first kappa shape index (κ1) is 32.5. The minimum Gasteiger partial charge on any atom is -0.515 e. The van der Waals surface area contributed by atoms with E-state index in [2.05, 4.69) is 0 Å². The van der Waals surface area contributed by atoms with E-state index in [0.717, 1.165) is 0 Å². The van der Waals surface area contributed by atoms with Gasteiger partial charge in [-0.3, -0.25) is 4.79 Å². The van der Waals surface area contributed by atoms with Crippen LogP contribution < -0.4 is 0 Å². The summed E-state index contributed by atoms with van der Waals surface area (Å²) in [4.78, 5) is 24.5. The molecule has 15 nitrogen and oxygen atoms in total. The minimum absolute atomic E-state index is 0.0919. The average molecular weight is 619 g/mol. The van der Waals surface area contributed by atoms with Crippen LogP contribution in [0.4, 0.5) is 0 Å². The number of aliphatic hydroxyl groups excluding tert-OH is 6. The second-order valence-corrected chi connectivity index (χ2v) is 12.1. The van der Waals surface area contributed by atoms with Crippen LogP contribution in [0.5, 0.6) is 0 Å². The van der Waals surface area contributed by atoms with Crippen molar-refractivity contribution in [3.8, 4) is 0 Å². The van der Waals surface area contributed by atoms with E-state index < -0.39 is 116 Å². The molecule has 5 rings (SSSR count). The fraction of sp³-hybridized carbons (Fsp3) is 0.857. The monoisotopic (exact) mass is 618 g/mol. The highest BCUT2D eigenvalue weighted by Gasteiger charge is 2.61. The van der Waals surface area contributed by atoms with Gasteiger partial charge in [0.15, 0.2) is 6.29 Å². The minimum atomic E-state index is -1.75. The molecule has 3 saturated heterocycles. The SMILES string of the molecule is COC1CC(C2OC3CC(O)CC4OC(=O)C(=CO)C(C2OC2OC(COC(C)=O)C(O)C(O)C2O)C43)CC(OC)C1O. The molecule has 0 spiro atoms. The maximum absolute atomic E-state index is 13.1. The van der Waals surface area contributed by atoms with Gasteiger partial charge in [-0.05, 0) is 18.8 Å². The lowest BCUT2D eigenvalue weighted by atomic mass is 9.63. The van der Waals surface area contributed by atoms with Gasteiger partial charge in [0.05, 0.1) is 48.5 Å². The molecule has 6 N–H and O–H groups in total. The molecule has 3 heterocycles. The van der Waals surface area contributed by atoms with Crippen molar-refractivity contribution in [3.05, 3.63) is 11.8 Å². The van der Waals surface area contributed by atoms with Gasteiger partial charge in [-0.1, -0.05) is 0 Å². The van der Waals surface area contributed by atoms with Gasteiger partial charge in [0, 0.05) is 45.8 Å². The van der Waals surface area contributed by atoms with E-state index in [0.29, 0.717) is 19.1 Å². The number of ether oxygens (including phenoxy) is 7. The Morgan fingerprint density at radius 1 is 0.907 bits per heavy atom. The van der Waals surface area contributed by atoms with E-state index in [9.17, 15) is 40.2 Å². The van der Waals surface area contributed by atoms with Gasteiger partial charge >= 0.3 is 11.9 Å². The quantitative estimate of drug-likeness (QED) is 0.104. The lowest BCUT2D eigenvalue weighted by molar-refractivity contribution is -0.343. The molecule has 0 aromatic rings. The number of hydrogen-bond donors (Lipinski definition) is 6. The van der Waals surface area contributed by atoms with Crippen molar-refractivity contribution in [1.82, 2.24) is 0 Å². The van der Waals surface area contributed by atoms with Gasteiger partial charge in [-0.2, -0.15) is 0 Å². The zero-order valence-corrected chi connectivity index (χ0v) is 24.2. The standard InChI is InChI=1S/C28H42O15/c1-10(30)39-9-18-22(33)23(34)24(35)28(42-18)43-26-19-13(8-29)27(36)41-15-7-12(31)6-14(20(15)19)40-25(26)11-4-16(37-2)21(32)17(5-11)38-3/h8,11-12,14-26,28-29,31-35H,4-7,9H2,1-3H3. The molecule has 244 valence electrons. The van der Waals surface area contributed by atoms with Crippen molar-refractivity contribution in [2.75, 3.05) is 20.8 Å². The number of esters is 2. The number of carbonyl (C=O) groups is 2. The smallest absolute Gasteiger partial charge is 0.337 e. The summed E-state index contributed by atoms with van der Waals surface area (Å²) in [5.74, 6) is -3.25. The Morgan fingerprint density at radius 3 is 2.16 bits per heavy atom. The molecular weight excluding hydrogens is 576 g/mol. The number of aliphatic hydroxyl groups is 6. The Bertz CT molecular complexity index is 1020. The molecule has 5 fully saturated rings. The molecule has 14 unspecified atom stereocenters. The fourth-order valence-corrected chi connectivity index (χ4v) is 7.50. The largest absolute Gasteiger partial charge is 0.515 e. The molecule has 0 aromatic heterocycles. The van der Waals surface area contributed by atoms with E-state index in [1.54, 1.807) is 0 Å². The van der Waals surface area contributed by atoms with Gasteiger partial charge in [-0.15, -0.1) is 0 Å². The summed E-state index contributed by atoms with van der Waals surface area (Å²) in [6, 6.07) is 0. The molecule has 3 aliphatic heterocycles. The summed E-state index contributed by atoms with van der Waals surface area (Å²) in [5, 5.41) is 63.7. The van der Waals surface area contributed by atoms with E-state index in [-0.39, 0.29) is 18.4 Å². The van der Waals surface area contributed by atoms with Gasteiger partial charge in [0.2, 0.25) is 0 Å². The first-order valence-electron chi connectivity index (χ1n) is 14.6. The van der Waals surface area contributed by atoms with E-state index in [1.165, 1.54) is 21.1 Å². The van der Waals surface area contributed by atoms with Crippen LogP contribution in [0.25, 0.3) is 0 Å². The summed E-state index contributed by atoms with van der Waals surface area (Å²) in [5.41, 5.74) is -0.0919. The maximum atomic E-state index is 13.1. The van der Waals surface area contributed by atoms with Crippen molar-refractivity contribution in [1.29, 1.82) is 0 Å². The third kappa shape index (κ3) is 6.17. The lowest BCUT2D eigenvalue weighted by Gasteiger charge is -2.57. The van der Waals surface area contributed by atoms with Crippen molar-refractivity contribution < 1.29 is 73.4 Å². The van der Waals surface area contributed by atoms with Crippen LogP contribution in [0.2, 0.25) is 0 Å². The topological polar surface area (TPSA) is 220 Å². The molecule has 43 heavy (non-hydrogen) atoms. The van der Waals surface area contributed by atoms with Crippen molar-refractivity contribution in [2.24, 2.45) is 17.8 Å². The average Bonchev–Trinajstić information content (AvgIpc) is 2.97. The molecule has 15 heteroatoms. The summed E-state index contributed by atoms with van der Waals surface area (Å²) in [6.07, 6.45) is -12.7. The Kier molecular flexibility index (Phi) is 9.97. The number of methoxy groups -OCH3 is 2. The third-order valence-electron chi connectivity index (χ3n) is 9.60. The Hall–Kier alpha value is -1.92. The predicted octanol–water partition coefficient (Wildman–Crippen LogP) is -1.93. The normalized spacial score (nSPS) is 49.2. The zero-order chi connectivity index (χ0) is 31.2. The van der Waals surface area contributed by atoms with Gasteiger partial charge in [0.25, 0.3) is 0 Å².